The van der Waals surface area contributed by atoms with Gasteiger partial charge >= 0.3 is 0 Å². The number of amides is 1. The lowest BCUT2D eigenvalue weighted by Crippen LogP contribution is -2.36. The van der Waals surface area contributed by atoms with Crippen LogP contribution in [-0.2, 0) is 13.0 Å². The largest absolute Gasteiger partial charge is 0.333 e. The Hall–Kier alpha value is -2.17. The normalized spacial score (nSPS) is 13.6. The van der Waals surface area contributed by atoms with E-state index in [0.29, 0.717) is 17.3 Å². The van der Waals surface area contributed by atoms with Crippen molar-refractivity contribution in [3.05, 3.63) is 75.8 Å². The van der Waals surface area contributed by atoms with Gasteiger partial charge in [0.25, 0.3) is 5.91 Å². The molecule has 0 saturated heterocycles. The van der Waals surface area contributed by atoms with E-state index in [0.717, 1.165) is 23.5 Å². The Bertz CT molecular complexity index is 906. The number of halogens is 1. The average Bonchev–Trinajstić information content (AvgIpc) is 3.11. The van der Waals surface area contributed by atoms with Crippen molar-refractivity contribution in [2.75, 3.05) is 6.54 Å². The highest BCUT2D eigenvalue weighted by Crippen LogP contribution is 2.27. The van der Waals surface area contributed by atoms with Crippen LogP contribution in [0.1, 0.15) is 21.6 Å². The zero-order valence-electron chi connectivity index (χ0n) is 12.9. The molecule has 120 valence electrons. The van der Waals surface area contributed by atoms with Crippen LogP contribution in [0.15, 0.2) is 53.9 Å². The number of nitrogens with zero attached hydrogens (tertiary/aromatic N) is 2. The van der Waals surface area contributed by atoms with Crippen LogP contribution in [0.2, 0.25) is 5.02 Å². The fourth-order valence-corrected chi connectivity index (χ4v) is 3.94. The van der Waals surface area contributed by atoms with Crippen molar-refractivity contribution in [1.82, 2.24) is 9.88 Å². The maximum atomic E-state index is 12.8. The number of thiazole rings is 1. The number of carbonyl (C=O) groups excluding carboxylic acids is 1. The molecule has 0 N–H and O–H groups in total. The number of fused-ring (bicyclic) bond motifs is 1. The average molecular weight is 355 g/mol. The number of hydrogen-bond acceptors (Lipinski definition) is 3. The van der Waals surface area contributed by atoms with Crippen LogP contribution in [0.5, 0.6) is 0 Å². The molecular formula is C19H15ClN2OS. The third kappa shape index (κ3) is 2.95. The second-order valence-electron chi connectivity index (χ2n) is 5.79. The fraction of sp³-hybridized carbons (Fsp3) is 0.158. The van der Waals surface area contributed by atoms with Crippen LogP contribution in [0.25, 0.3) is 10.6 Å². The predicted molar refractivity (Wildman–Crippen MR) is 97.4 cm³/mol. The first kappa shape index (κ1) is 15.4. The molecule has 5 heteroatoms. The standard InChI is InChI=1S/C19H15ClN2OS/c20-16-7-3-6-14(10-16)18-21-17(12-24-18)19(23)22-9-8-13-4-1-2-5-15(13)11-22/h1-7,10,12H,8-9,11H2. The van der Waals surface area contributed by atoms with Gasteiger partial charge in [0.15, 0.2) is 0 Å². The minimum absolute atomic E-state index is 0.00553. The summed E-state index contributed by atoms with van der Waals surface area (Å²) in [5, 5.41) is 3.32. The number of aromatic nitrogens is 1. The summed E-state index contributed by atoms with van der Waals surface area (Å²) in [7, 11) is 0. The van der Waals surface area contributed by atoms with Crippen LogP contribution in [0.4, 0.5) is 0 Å². The Morgan fingerprint density at radius 3 is 2.79 bits per heavy atom. The van der Waals surface area contributed by atoms with E-state index >= 15 is 0 Å². The first-order chi connectivity index (χ1) is 11.7. The molecule has 1 aromatic heterocycles. The van der Waals surface area contributed by atoms with Gasteiger partial charge in [-0.1, -0.05) is 48.0 Å². The van der Waals surface area contributed by atoms with Gasteiger partial charge in [-0.05, 0) is 29.7 Å². The Morgan fingerprint density at radius 1 is 1.12 bits per heavy atom. The SMILES string of the molecule is O=C(c1csc(-c2cccc(Cl)c2)n1)N1CCc2ccccc2C1. The van der Waals surface area contributed by atoms with Crippen molar-refractivity contribution in [3.63, 3.8) is 0 Å². The minimum Gasteiger partial charge on any atom is -0.333 e. The fourth-order valence-electron chi connectivity index (χ4n) is 2.96. The lowest BCUT2D eigenvalue weighted by molar-refractivity contribution is 0.0729. The summed E-state index contributed by atoms with van der Waals surface area (Å²) in [6.07, 6.45) is 0.896. The molecule has 1 amide bonds. The zero-order chi connectivity index (χ0) is 16.5. The molecule has 0 fully saturated rings. The van der Waals surface area contributed by atoms with Crippen LogP contribution in [0.3, 0.4) is 0 Å². The molecule has 0 saturated carbocycles. The highest BCUT2D eigenvalue weighted by Gasteiger charge is 2.23. The molecule has 2 aromatic carbocycles. The summed E-state index contributed by atoms with van der Waals surface area (Å²) in [4.78, 5) is 19.2. The lowest BCUT2D eigenvalue weighted by atomic mass is 10.00. The van der Waals surface area contributed by atoms with E-state index in [-0.39, 0.29) is 5.91 Å². The molecule has 1 aliphatic heterocycles. The molecule has 2 heterocycles. The van der Waals surface area contributed by atoms with Crippen molar-refractivity contribution in [2.24, 2.45) is 0 Å². The van der Waals surface area contributed by atoms with Gasteiger partial charge in [-0.25, -0.2) is 4.98 Å². The molecule has 0 atom stereocenters. The molecule has 0 unspecified atom stereocenters. The van der Waals surface area contributed by atoms with Crippen molar-refractivity contribution >= 4 is 28.8 Å². The summed E-state index contributed by atoms with van der Waals surface area (Å²) in [6, 6.07) is 15.8. The summed E-state index contributed by atoms with van der Waals surface area (Å²) < 4.78 is 0. The van der Waals surface area contributed by atoms with Crippen LogP contribution >= 0.6 is 22.9 Å². The van der Waals surface area contributed by atoms with Crippen molar-refractivity contribution in [1.29, 1.82) is 0 Å². The van der Waals surface area contributed by atoms with Gasteiger partial charge in [-0.15, -0.1) is 11.3 Å². The molecule has 4 rings (SSSR count). The van der Waals surface area contributed by atoms with Gasteiger partial charge in [0.2, 0.25) is 0 Å². The maximum Gasteiger partial charge on any atom is 0.273 e. The van der Waals surface area contributed by atoms with Crippen molar-refractivity contribution in [3.8, 4) is 10.6 Å². The Labute approximate surface area is 149 Å². The van der Waals surface area contributed by atoms with E-state index in [9.17, 15) is 4.79 Å². The minimum atomic E-state index is -0.00553. The first-order valence-corrected chi connectivity index (χ1v) is 9.04. The van der Waals surface area contributed by atoms with Crippen LogP contribution < -0.4 is 0 Å². The first-order valence-electron chi connectivity index (χ1n) is 7.78. The Morgan fingerprint density at radius 2 is 1.96 bits per heavy atom. The topological polar surface area (TPSA) is 33.2 Å². The Kier molecular flexibility index (Phi) is 4.08. The van der Waals surface area contributed by atoms with Gasteiger partial charge in [0, 0.05) is 29.1 Å². The van der Waals surface area contributed by atoms with E-state index in [1.165, 1.54) is 22.5 Å². The number of hydrogen-bond donors (Lipinski definition) is 0. The zero-order valence-corrected chi connectivity index (χ0v) is 14.5. The molecule has 0 radical (unpaired) electrons. The maximum absolute atomic E-state index is 12.8. The van der Waals surface area contributed by atoms with Crippen molar-refractivity contribution in [2.45, 2.75) is 13.0 Å². The Balaban J connectivity index is 1.56. The van der Waals surface area contributed by atoms with E-state index in [1.54, 1.807) is 0 Å². The van der Waals surface area contributed by atoms with Crippen LogP contribution in [-0.4, -0.2) is 22.3 Å². The quantitative estimate of drug-likeness (QED) is 0.670. The van der Waals surface area contributed by atoms with E-state index in [4.69, 9.17) is 11.6 Å². The van der Waals surface area contributed by atoms with E-state index in [2.05, 4.69) is 17.1 Å². The van der Waals surface area contributed by atoms with Gasteiger partial charge < -0.3 is 4.90 Å². The lowest BCUT2D eigenvalue weighted by Gasteiger charge is -2.28. The monoisotopic (exact) mass is 354 g/mol. The summed E-state index contributed by atoms with van der Waals surface area (Å²) in [5.41, 5.74) is 4.01. The molecule has 1 aliphatic rings. The third-order valence-corrected chi connectivity index (χ3v) is 5.34. The highest BCUT2D eigenvalue weighted by atomic mass is 35.5. The highest BCUT2D eigenvalue weighted by molar-refractivity contribution is 7.13. The summed E-state index contributed by atoms with van der Waals surface area (Å²) in [6.45, 7) is 1.39. The molecule has 0 bridgehead atoms. The van der Waals surface area contributed by atoms with E-state index < -0.39 is 0 Å². The number of carbonyl (C=O) groups is 1. The van der Waals surface area contributed by atoms with Crippen LogP contribution in [0, 0.1) is 0 Å². The summed E-state index contributed by atoms with van der Waals surface area (Å²) >= 11 is 7.51. The number of benzene rings is 2. The smallest absolute Gasteiger partial charge is 0.273 e. The predicted octanol–water partition coefficient (Wildman–Crippen LogP) is 4.66. The second-order valence-corrected chi connectivity index (χ2v) is 7.09. The molecule has 3 nitrogen and oxygen atoms in total. The number of rotatable bonds is 2. The third-order valence-electron chi connectivity index (χ3n) is 4.21. The second kappa shape index (κ2) is 6.38. The molecule has 0 aliphatic carbocycles. The van der Waals surface area contributed by atoms with Gasteiger partial charge in [0.1, 0.15) is 10.7 Å². The van der Waals surface area contributed by atoms with E-state index in [1.807, 2.05) is 46.7 Å². The van der Waals surface area contributed by atoms with Crippen molar-refractivity contribution < 1.29 is 4.79 Å². The molecule has 24 heavy (non-hydrogen) atoms. The molecular weight excluding hydrogens is 340 g/mol. The molecule has 3 aromatic rings. The van der Waals surface area contributed by atoms with Gasteiger partial charge in [-0.3, -0.25) is 4.79 Å². The van der Waals surface area contributed by atoms with Gasteiger partial charge in [-0.2, -0.15) is 0 Å². The molecule has 0 spiro atoms. The summed E-state index contributed by atoms with van der Waals surface area (Å²) in [5.74, 6) is -0.00553. The van der Waals surface area contributed by atoms with Gasteiger partial charge in [0.05, 0.1) is 0 Å².